The minimum atomic E-state index is -0.803. The Morgan fingerprint density at radius 3 is 2.23 bits per heavy atom. The summed E-state index contributed by atoms with van der Waals surface area (Å²) in [5, 5.41) is 32.4. The van der Waals surface area contributed by atoms with Crippen LogP contribution in [-0.4, -0.2) is 33.1 Å². The molecule has 0 spiro atoms. The number of rotatable bonds is 5. The highest BCUT2D eigenvalue weighted by molar-refractivity contribution is 5.15. The van der Waals surface area contributed by atoms with E-state index in [1.54, 1.807) is 0 Å². The molecule has 174 valence electrons. The van der Waals surface area contributed by atoms with E-state index in [0.29, 0.717) is 30.1 Å². The molecule has 3 unspecified atom stereocenters. The Labute approximate surface area is 185 Å². The molecule has 4 rings (SSSR count). The lowest BCUT2D eigenvalue weighted by molar-refractivity contribution is -0.241. The summed E-state index contributed by atoms with van der Waals surface area (Å²) in [5.41, 5.74) is -0.601. The van der Waals surface area contributed by atoms with Crippen LogP contribution >= 0.6 is 0 Å². The molecule has 3 N–H and O–H groups in total. The van der Waals surface area contributed by atoms with Gasteiger partial charge < -0.3 is 15.3 Å². The van der Waals surface area contributed by atoms with Crippen molar-refractivity contribution in [2.45, 2.75) is 123 Å². The lowest BCUT2D eigenvalue weighted by atomic mass is 9.42. The number of aliphatic hydroxyl groups is 3. The van der Waals surface area contributed by atoms with Gasteiger partial charge in [-0.3, -0.25) is 0 Å². The number of hydrogen-bond acceptors (Lipinski definition) is 3. The van der Waals surface area contributed by atoms with Gasteiger partial charge in [0.2, 0.25) is 0 Å². The lowest BCUT2D eigenvalue weighted by Gasteiger charge is -2.64. The molecule has 0 aromatic carbocycles. The van der Waals surface area contributed by atoms with Gasteiger partial charge in [0.25, 0.3) is 0 Å². The van der Waals surface area contributed by atoms with Crippen LogP contribution in [0.2, 0.25) is 0 Å². The maximum absolute atomic E-state index is 11.6. The number of hydrogen-bond donors (Lipinski definition) is 3. The van der Waals surface area contributed by atoms with Gasteiger partial charge in [0, 0.05) is 11.8 Å². The van der Waals surface area contributed by atoms with Crippen molar-refractivity contribution in [2.75, 3.05) is 0 Å². The molecule has 0 aromatic rings. The lowest BCUT2D eigenvalue weighted by Crippen LogP contribution is -2.65. The van der Waals surface area contributed by atoms with Crippen LogP contribution < -0.4 is 0 Å². The summed E-state index contributed by atoms with van der Waals surface area (Å²) >= 11 is 0. The highest BCUT2D eigenvalue weighted by Gasteiger charge is 2.65. The fourth-order valence-corrected chi connectivity index (χ4v) is 9.27. The van der Waals surface area contributed by atoms with E-state index in [1.165, 1.54) is 44.9 Å². The molecule has 0 saturated heterocycles. The fourth-order valence-electron chi connectivity index (χ4n) is 9.27. The highest BCUT2D eigenvalue weighted by Crippen LogP contribution is 2.69. The smallest absolute Gasteiger partial charge is 0.0826 e. The predicted octanol–water partition coefficient (Wildman–Crippen LogP) is 5.55. The fraction of sp³-hybridized carbons (Fsp3) is 1.00. The van der Waals surface area contributed by atoms with Crippen LogP contribution in [-0.2, 0) is 0 Å². The molecule has 4 aliphatic rings. The summed E-state index contributed by atoms with van der Waals surface area (Å²) < 4.78 is 0. The predicted molar refractivity (Wildman–Crippen MR) is 122 cm³/mol. The van der Waals surface area contributed by atoms with Crippen molar-refractivity contribution < 1.29 is 15.3 Å². The van der Waals surface area contributed by atoms with Crippen LogP contribution in [0, 0.1) is 46.3 Å². The summed E-state index contributed by atoms with van der Waals surface area (Å²) in [5.74, 6) is 4.43. The van der Waals surface area contributed by atoms with Crippen LogP contribution in [0.4, 0.5) is 0 Å². The van der Waals surface area contributed by atoms with E-state index in [-0.39, 0.29) is 5.41 Å². The molecule has 0 aromatic heterocycles. The first-order chi connectivity index (χ1) is 14.0. The molecule has 10 atom stereocenters. The Kier molecular flexibility index (Phi) is 6.17. The van der Waals surface area contributed by atoms with Crippen molar-refractivity contribution >= 4 is 0 Å². The van der Waals surface area contributed by atoms with Gasteiger partial charge in [-0.1, -0.05) is 53.9 Å². The van der Waals surface area contributed by atoms with Gasteiger partial charge in [-0.25, -0.2) is 0 Å². The van der Waals surface area contributed by atoms with Crippen LogP contribution in [0.1, 0.15) is 105 Å². The molecule has 0 bridgehead atoms. The standard InChI is InChI=1S/C27H48O3/c1-17(2)7-6-8-18(3)20-9-10-21-19-11-14-27(30)16-24(29)23(28)15-26(27,5)22(19)12-13-25(20,21)4/h17-24,28-30H,6-16H2,1-5H3/t18-,19+,20-,21+,22+,23?,24?,25-,26-,27?/m1/s1. The summed E-state index contributed by atoms with van der Waals surface area (Å²) in [7, 11) is 0. The van der Waals surface area contributed by atoms with E-state index in [2.05, 4.69) is 34.6 Å². The molecule has 3 nitrogen and oxygen atoms in total. The summed E-state index contributed by atoms with van der Waals surface area (Å²) in [4.78, 5) is 0. The quantitative estimate of drug-likeness (QED) is 0.546. The second-order valence-corrected chi connectivity index (χ2v) is 12.9. The van der Waals surface area contributed by atoms with Crippen molar-refractivity contribution in [3.8, 4) is 0 Å². The van der Waals surface area contributed by atoms with E-state index >= 15 is 0 Å². The summed E-state index contributed by atoms with van der Waals surface area (Å²) in [6.07, 6.45) is 10.7. The van der Waals surface area contributed by atoms with Gasteiger partial charge in [0.15, 0.2) is 0 Å². The zero-order valence-corrected chi connectivity index (χ0v) is 20.2. The average Bonchev–Trinajstić information content (AvgIpc) is 3.01. The molecule has 0 amide bonds. The van der Waals surface area contributed by atoms with E-state index < -0.39 is 17.8 Å². The first kappa shape index (κ1) is 23.1. The second-order valence-electron chi connectivity index (χ2n) is 12.9. The molecule has 4 fully saturated rings. The van der Waals surface area contributed by atoms with Crippen molar-refractivity contribution in [1.29, 1.82) is 0 Å². The number of aliphatic hydroxyl groups excluding tert-OH is 2. The normalized spacial score (nSPS) is 51.9. The Morgan fingerprint density at radius 2 is 1.53 bits per heavy atom. The number of fused-ring (bicyclic) bond motifs is 5. The molecule has 0 heterocycles. The Morgan fingerprint density at radius 1 is 0.833 bits per heavy atom. The zero-order valence-electron chi connectivity index (χ0n) is 20.2. The molecule has 0 radical (unpaired) electrons. The van der Waals surface area contributed by atoms with Crippen LogP contribution in [0.5, 0.6) is 0 Å². The van der Waals surface area contributed by atoms with Gasteiger partial charge in [0.05, 0.1) is 17.8 Å². The average molecular weight is 421 g/mol. The molecular weight excluding hydrogens is 372 g/mol. The molecule has 0 aliphatic heterocycles. The third kappa shape index (κ3) is 3.50. The first-order valence-corrected chi connectivity index (χ1v) is 13.1. The minimum Gasteiger partial charge on any atom is -0.390 e. The molecular formula is C27H48O3. The maximum atomic E-state index is 11.6. The Hall–Kier alpha value is -0.120. The van der Waals surface area contributed by atoms with Crippen LogP contribution in [0.15, 0.2) is 0 Å². The molecule has 4 aliphatic carbocycles. The minimum absolute atomic E-state index is 0.253. The molecule has 3 heteroatoms. The summed E-state index contributed by atoms with van der Waals surface area (Å²) in [6.45, 7) is 12.0. The van der Waals surface area contributed by atoms with Gasteiger partial charge in [-0.15, -0.1) is 0 Å². The Bertz CT molecular complexity index is 619. The zero-order chi connectivity index (χ0) is 21.9. The van der Waals surface area contributed by atoms with E-state index in [1.807, 2.05) is 0 Å². The van der Waals surface area contributed by atoms with Crippen molar-refractivity contribution in [1.82, 2.24) is 0 Å². The van der Waals surface area contributed by atoms with Gasteiger partial charge in [0.1, 0.15) is 0 Å². The van der Waals surface area contributed by atoms with E-state index in [4.69, 9.17) is 0 Å². The topological polar surface area (TPSA) is 60.7 Å². The Balaban J connectivity index is 1.51. The van der Waals surface area contributed by atoms with Gasteiger partial charge in [-0.05, 0) is 85.9 Å². The van der Waals surface area contributed by atoms with Gasteiger partial charge in [-0.2, -0.15) is 0 Å². The van der Waals surface area contributed by atoms with Crippen molar-refractivity contribution in [3.05, 3.63) is 0 Å². The first-order valence-electron chi connectivity index (χ1n) is 13.1. The summed E-state index contributed by atoms with van der Waals surface area (Å²) in [6, 6.07) is 0. The largest absolute Gasteiger partial charge is 0.390 e. The monoisotopic (exact) mass is 420 g/mol. The van der Waals surface area contributed by atoms with E-state index in [9.17, 15) is 15.3 Å². The molecule has 4 saturated carbocycles. The maximum Gasteiger partial charge on any atom is 0.0826 e. The highest BCUT2D eigenvalue weighted by atomic mass is 16.3. The van der Waals surface area contributed by atoms with E-state index in [0.717, 1.165) is 36.5 Å². The third-order valence-corrected chi connectivity index (χ3v) is 11.0. The van der Waals surface area contributed by atoms with Crippen LogP contribution in [0.3, 0.4) is 0 Å². The molecule has 30 heavy (non-hydrogen) atoms. The van der Waals surface area contributed by atoms with Crippen LogP contribution in [0.25, 0.3) is 0 Å². The second kappa shape index (κ2) is 8.03. The van der Waals surface area contributed by atoms with Gasteiger partial charge >= 0.3 is 0 Å². The van der Waals surface area contributed by atoms with Crippen molar-refractivity contribution in [3.63, 3.8) is 0 Å². The SMILES string of the molecule is CC(C)CCC[C@@H](C)[C@H]1CC[C@H]2[C@@H]3CCC4(O)CC(O)C(O)C[C@]4(C)[C@H]3CC[C@]12C. The third-order valence-electron chi connectivity index (χ3n) is 11.0. The van der Waals surface area contributed by atoms with Crippen molar-refractivity contribution in [2.24, 2.45) is 46.3 Å².